The summed E-state index contributed by atoms with van der Waals surface area (Å²) < 4.78 is 11.2. The number of hydrogen-bond donors (Lipinski definition) is 3. The summed E-state index contributed by atoms with van der Waals surface area (Å²) >= 11 is 0. The van der Waals surface area contributed by atoms with E-state index >= 15 is 0 Å². The van der Waals surface area contributed by atoms with Crippen molar-refractivity contribution >= 4 is 0 Å². The topological polar surface area (TPSA) is 124 Å². The third-order valence-corrected chi connectivity index (χ3v) is 6.33. The van der Waals surface area contributed by atoms with E-state index in [4.69, 9.17) is 25.4 Å². The Balaban J connectivity index is 0.000000143. The quantitative estimate of drug-likeness (QED) is 0.460. The zero-order valence-corrected chi connectivity index (χ0v) is 21.8. The lowest BCUT2D eigenvalue weighted by Gasteiger charge is -2.32. The standard InChI is InChI=1S/C10H13NO.C9H12N2O.C5H5NO.C5H10O/c1-8-5-10(6-8)12-9-3-2-4-11-7-9;10-7-4-9(5-7)12-8-2-1-3-11-6-8;7-5-2-1-3-6-4-5;1-4-2-5(6)3-4/h2-4,7-8,10H,5-6H2,1H3;1-3,6-7,9H,4-5,10H2;1-4,7H;4-6H,2-3H2,1H3. The minimum Gasteiger partial charge on any atom is -0.506 e. The van der Waals surface area contributed by atoms with Crippen LogP contribution in [0.15, 0.2) is 73.6 Å². The highest BCUT2D eigenvalue weighted by Gasteiger charge is 2.28. The van der Waals surface area contributed by atoms with Crippen LogP contribution in [0.25, 0.3) is 0 Å². The summed E-state index contributed by atoms with van der Waals surface area (Å²) in [5.41, 5.74) is 5.63. The molecule has 3 aliphatic carbocycles. The van der Waals surface area contributed by atoms with Gasteiger partial charge in [-0.1, -0.05) is 13.8 Å². The Labute approximate surface area is 219 Å². The van der Waals surface area contributed by atoms with Crippen LogP contribution in [0, 0.1) is 11.8 Å². The maximum absolute atomic E-state index is 8.62. The second-order valence-electron chi connectivity index (χ2n) is 10.1. The summed E-state index contributed by atoms with van der Waals surface area (Å²) in [5, 5.41) is 17.2. The van der Waals surface area contributed by atoms with Crippen LogP contribution in [0.5, 0.6) is 17.2 Å². The first-order valence-corrected chi connectivity index (χ1v) is 13.0. The molecule has 3 aromatic rings. The Morgan fingerprint density at radius 2 is 1.16 bits per heavy atom. The SMILES string of the molecule is CC1CC(O)C1.CC1CC(Oc2cccnc2)C1.NC1CC(Oc2cccnc2)C1.Oc1cccnc1. The van der Waals surface area contributed by atoms with E-state index in [0.29, 0.717) is 18.2 Å². The number of nitrogens with two attached hydrogens (primary N) is 1. The van der Waals surface area contributed by atoms with E-state index in [1.165, 1.54) is 19.0 Å². The summed E-state index contributed by atoms with van der Waals surface area (Å²) in [6.07, 6.45) is 17.1. The largest absolute Gasteiger partial charge is 0.506 e. The van der Waals surface area contributed by atoms with Crippen LogP contribution in [0.2, 0.25) is 0 Å². The Hall–Kier alpha value is -3.23. The Bertz CT molecular complexity index is 917. The van der Waals surface area contributed by atoms with Gasteiger partial charge in [-0.2, -0.15) is 0 Å². The number of aromatic nitrogens is 3. The molecule has 3 aliphatic rings. The number of aromatic hydroxyl groups is 1. The van der Waals surface area contributed by atoms with Crippen LogP contribution < -0.4 is 15.2 Å². The molecule has 0 amide bonds. The van der Waals surface area contributed by atoms with Crippen molar-refractivity contribution in [2.24, 2.45) is 17.6 Å². The highest BCUT2D eigenvalue weighted by atomic mass is 16.5. The summed E-state index contributed by atoms with van der Waals surface area (Å²) in [6, 6.07) is 11.2. The molecule has 0 unspecified atom stereocenters. The van der Waals surface area contributed by atoms with Crippen LogP contribution in [0.1, 0.15) is 52.4 Å². The molecule has 0 spiro atoms. The van der Waals surface area contributed by atoms with E-state index in [0.717, 1.165) is 49.0 Å². The summed E-state index contributed by atoms with van der Waals surface area (Å²) in [4.78, 5) is 11.6. The first kappa shape index (κ1) is 28.3. The molecule has 0 aliphatic heterocycles. The van der Waals surface area contributed by atoms with Gasteiger partial charge in [0, 0.05) is 24.6 Å². The molecule has 6 rings (SSSR count). The van der Waals surface area contributed by atoms with E-state index in [9.17, 15) is 0 Å². The maximum atomic E-state index is 8.62. The molecule has 0 bridgehead atoms. The van der Waals surface area contributed by atoms with Gasteiger partial charge in [0.1, 0.15) is 23.4 Å². The van der Waals surface area contributed by atoms with E-state index in [1.807, 2.05) is 24.3 Å². The Kier molecular flexibility index (Phi) is 11.6. The average molecular weight is 509 g/mol. The van der Waals surface area contributed by atoms with Gasteiger partial charge < -0.3 is 25.4 Å². The zero-order chi connectivity index (χ0) is 26.5. The van der Waals surface area contributed by atoms with Gasteiger partial charge in [0.15, 0.2) is 0 Å². The van der Waals surface area contributed by atoms with Gasteiger partial charge in [0.25, 0.3) is 0 Å². The summed E-state index contributed by atoms with van der Waals surface area (Å²) in [5.74, 6) is 3.58. The molecule has 3 aromatic heterocycles. The number of rotatable bonds is 4. The molecule has 200 valence electrons. The van der Waals surface area contributed by atoms with Gasteiger partial charge in [-0.25, -0.2) is 0 Å². The fraction of sp³-hybridized carbons (Fsp3) is 0.483. The lowest BCUT2D eigenvalue weighted by Crippen LogP contribution is -2.43. The second-order valence-corrected chi connectivity index (χ2v) is 10.1. The maximum Gasteiger partial charge on any atom is 0.137 e. The van der Waals surface area contributed by atoms with Gasteiger partial charge in [0.2, 0.25) is 0 Å². The van der Waals surface area contributed by atoms with E-state index in [-0.39, 0.29) is 11.9 Å². The molecule has 4 N–H and O–H groups in total. The van der Waals surface area contributed by atoms with Crippen molar-refractivity contribution in [3.05, 3.63) is 73.6 Å². The molecule has 8 nitrogen and oxygen atoms in total. The monoisotopic (exact) mass is 508 g/mol. The fourth-order valence-corrected chi connectivity index (χ4v) is 4.06. The number of nitrogens with zero attached hydrogens (tertiary/aromatic N) is 3. The van der Waals surface area contributed by atoms with Crippen LogP contribution >= 0.6 is 0 Å². The molecule has 0 radical (unpaired) electrons. The molecular weight excluding hydrogens is 468 g/mol. The van der Waals surface area contributed by atoms with Crippen LogP contribution in [0.4, 0.5) is 0 Å². The number of aliphatic hydroxyl groups is 1. The van der Waals surface area contributed by atoms with Gasteiger partial charge in [-0.15, -0.1) is 0 Å². The van der Waals surface area contributed by atoms with Crippen LogP contribution in [0.3, 0.4) is 0 Å². The highest BCUT2D eigenvalue weighted by Crippen LogP contribution is 2.30. The molecule has 0 atom stereocenters. The van der Waals surface area contributed by atoms with Crippen LogP contribution in [-0.4, -0.2) is 49.5 Å². The van der Waals surface area contributed by atoms with Crippen molar-refractivity contribution in [2.45, 2.75) is 76.7 Å². The van der Waals surface area contributed by atoms with Gasteiger partial charge >= 0.3 is 0 Å². The lowest BCUT2D eigenvalue weighted by atomic mass is 9.84. The van der Waals surface area contributed by atoms with Gasteiger partial charge in [-0.05, 0) is 86.8 Å². The minimum atomic E-state index is 0.0417. The molecule has 37 heavy (non-hydrogen) atoms. The molecule has 0 aromatic carbocycles. The molecule has 8 heteroatoms. The molecular formula is C29H40N4O4. The predicted molar refractivity (Wildman–Crippen MR) is 143 cm³/mol. The van der Waals surface area contributed by atoms with E-state index in [1.54, 1.807) is 43.1 Å². The highest BCUT2D eigenvalue weighted by molar-refractivity contribution is 5.17. The fourth-order valence-electron chi connectivity index (χ4n) is 4.06. The third-order valence-electron chi connectivity index (χ3n) is 6.33. The lowest BCUT2D eigenvalue weighted by molar-refractivity contribution is 0.0513. The van der Waals surface area contributed by atoms with Crippen molar-refractivity contribution < 1.29 is 19.7 Å². The van der Waals surface area contributed by atoms with Crippen molar-refractivity contribution in [1.82, 2.24) is 15.0 Å². The summed E-state index contributed by atoms with van der Waals surface area (Å²) in [7, 11) is 0. The van der Waals surface area contributed by atoms with Gasteiger partial charge in [-0.3, -0.25) is 15.0 Å². The first-order valence-electron chi connectivity index (χ1n) is 13.0. The van der Waals surface area contributed by atoms with Gasteiger partial charge in [0.05, 0.1) is 30.8 Å². The molecule has 3 saturated carbocycles. The van der Waals surface area contributed by atoms with E-state index < -0.39 is 0 Å². The smallest absolute Gasteiger partial charge is 0.137 e. The van der Waals surface area contributed by atoms with Crippen molar-refractivity contribution in [3.63, 3.8) is 0 Å². The normalized spacial score (nSPS) is 26.9. The third kappa shape index (κ3) is 11.1. The summed E-state index contributed by atoms with van der Waals surface area (Å²) in [6.45, 7) is 4.41. The van der Waals surface area contributed by atoms with E-state index in [2.05, 4.69) is 28.8 Å². The molecule has 3 heterocycles. The zero-order valence-electron chi connectivity index (χ0n) is 21.8. The Morgan fingerprint density at radius 1 is 0.703 bits per heavy atom. The number of ether oxygens (including phenoxy) is 2. The Morgan fingerprint density at radius 3 is 1.43 bits per heavy atom. The minimum absolute atomic E-state index is 0.0417. The second kappa shape index (κ2) is 15.1. The molecule has 0 saturated heterocycles. The van der Waals surface area contributed by atoms with Crippen molar-refractivity contribution in [1.29, 1.82) is 0 Å². The molecule has 3 fully saturated rings. The van der Waals surface area contributed by atoms with Crippen LogP contribution in [-0.2, 0) is 0 Å². The number of pyridine rings is 3. The predicted octanol–water partition coefficient (Wildman–Crippen LogP) is 4.77. The number of hydrogen-bond acceptors (Lipinski definition) is 8. The van der Waals surface area contributed by atoms with Crippen molar-refractivity contribution in [2.75, 3.05) is 0 Å². The number of aliphatic hydroxyl groups excluding tert-OH is 1. The average Bonchev–Trinajstić information content (AvgIpc) is 2.85. The first-order chi connectivity index (χ1) is 17.9. The van der Waals surface area contributed by atoms with Crippen molar-refractivity contribution in [3.8, 4) is 17.2 Å².